The Morgan fingerprint density at radius 3 is 1.78 bits per heavy atom. The zero-order chi connectivity index (χ0) is 21.3. The van der Waals surface area contributed by atoms with E-state index in [4.69, 9.17) is 0 Å². The molecular weight excluding hydrogens is 567 g/mol. The molecule has 1 heterocycles. The van der Waals surface area contributed by atoms with Gasteiger partial charge in [0, 0.05) is 6.20 Å². The molecule has 0 fully saturated rings. The molecule has 0 radical (unpaired) electrons. The molecule has 1 aromatic heterocycles. The van der Waals surface area contributed by atoms with E-state index in [9.17, 15) is 0 Å². The Hall–Kier alpha value is -3.32. The van der Waals surface area contributed by atoms with Crippen molar-refractivity contribution in [2.45, 2.75) is 6.92 Å². The van der Waals surface area contributed by atoms with Crippen LogP contribution in [0, 0.1) is 25.1 Å². The normalized spacial score (nSPS) is 9.78. The second kappa shape index (κ2) is 11.9. The van der Waals surface area contributed by atoms with Crippen LogP contribution in [0.3, 0.4) is 0 Å². The Kier molecular flexibility index (Phi) is 8.69. The zero-order valence-corrected chi connectivity index (χ0v) is 20.1. The number of benzene rings is 4. The van der Waals surface area contributed by atoms with Gasteiger partial charge in [0.25, 0.3) is 0 Å². The van der Waals surface area contributed by atoms with Crippen molar-refractivity contribution in [3.8, 4) is 33.5 Å². The molecule has 0 aliphatic heterocycles. The Balaban J connectivity index is 0.000000184. The van der Waals surface area contributed by atoms with Gasteiger partial charge in [0.15, 0.2) is 0 Å². The van der Waals surface area contributed by atoms with Crippen LogP contribution in [0.15, 0.2) is 115 Å². The first-order chi connectivity index (χ1) is 15.3. The van der Waals surface area contributed by atoms with Crippen molar-refractivity contribution in [1.82, 2.24) is 4.98 Å². The monoisotopic (exact) mass is 589 g/mol. The van der Waals surface area contributed by atoms with Gasteiger partial charge in [-0.3, -0.25) is 0 Å². The summed E-state index contributed by atoms with van der Waals surface area (Å²) in [5.41, 5.74) is 7.74. The third kappa shape index (κ3) is 6.34. The van der Waals surface area contributed by atoms with Gasteiger partial charge in [-0.1, -0.05) is 49.4 Å². The van der Waals surface area contributed by atoms with Gasteiger partial charge >= 0.3 is 20.1 Å². The molecule has 0 spiro atoms. The molecule has 0 amide bonds. The SMILES string of the molecule is Cc1c[c-]c(-c2[c-]cccc2)cc1.[Ir+3].[c-]1ccccc1-c1ccc(-c2ccccc2)cn1. The van der Waals surface area contributed by atoms with Crippen LogP contribution in [0.2, 0.25) is 0 Å². The summed E-state index contributed by atoms with van der Waals surface area (Å²) in [5.74, 6) is 0. The molecule has 0 bridgehead atoms. The van der Waals surface area contributed by atoms with Crippen molar-refractivity contribution in [1.29, 1.82) is 0 Å². The third-order valence-corrected chi connectivity index (χ3v) is 4.82. The minimum atomic E-state index is 0. The summed E-state index contributed by atoms with van der Waals surface area (Å²) in [6, 6.07) is 46.0. The molecule has 1 nitrogen and oxygen atoms in total. The second-order valence-electron chi connectivity index (χ2n) is 7.13. The average molecular weight is 589 g/mol. The molecule has 0 N–H and O–H groups in total. The summed E-state index contributed by atoms with van der Waals surface area (Å²) in [6.45, 7) is 2.06. The standard InChI is InChI=1S/C17H12N.C13H10.Ir/c1-3-7-14(8-4-1)16-11-12-17(18-13-16)15-9-5-2-6-10-15;1-11-7-9-13(10-8-11)12-5-3-2-4-6-12;/h1-9,11-13H;2-5,7-9H,1H3;/q-1;-2;+3. The molecule has 0 saturated carbocycles. The molecule has 0 aliphatic rings. The van der Waals surface area contributed by atoms with Crippen LogP contribution in [0.5, 0.6) is 0 Å². The third-order valence-electron chi connectivity index (χ3n) is 4.82. The smallest absolute Gasteiger partial charge is 0.304 e. The summed E-state index contributed by atoms with van der Waals surface area (Å²) < 4.78 is 0. The molecule has 2 heteroatoms. The van der Waals surface area contributed by atoms with E-state index >= 15 is 0 Å². The number of rotatable bonds is 3. The van der Waals surface area contributed by atoms with Gasteiger partial charge in [-0.15, -0.1) is 47.5 Å². The van der Waals surface area contributed by atoms with E-state index in [1.165, 1.54) is 11.1 Å². The van der Waals surface area contributed by atoms with E-state index in [0.29, 0.717) is 0 Å². The van der Waals surface area contributed by atoms with E-state index < -0.39 is 0 Å². The minimum absolute atomic E-state index is 0. The van der Waals surface area contributed by atoms with Crippen LogP contribution < -0.4 is 0 Å². The predicted octanol–water partition coefficient (Wildman–Crippen LogP) is 7.48. The average Bonchev–Trinajstić information content (AvgIpc) is 2.87. The van der Waals surface area contributed by atoms with Crippen LogP contribution in [0.1, 0.15) is 5.56 Å². The van der Waals surface area contributed by atoms with Gasteiger partial charge in [0.2, 0.25) is 0 Å². The van der Waals surface area contributed by atoms with Gasteiger partial charge in [-0.25, -0.2) is 11.1 Å². The number of pyridine rings is 1. The molecule has 0 atom stereocenters. The summed E-state index contributed by atoms with van der Waals surface area (Å²) in [4.78, 5) is 4.49. The van der Waals surface area contributed by atoms with E-state index in [2.05, 4.69) is 60.4 Å². The molecule has 4 aromatic carbocycles. The van der Waals surface area contributed by atoms with Crippen molar-refractivity contribution in [2.24, 2.45) is 0 Å². The first-order valence-corrected chi connectivity index (χ1v) is 10.2. The number of aryl methyl sites for hydroxylation is 1. The number of aromatic nitrogens is 1. The molecule has 0 unspecified atom stereocenters. The van der Waals surface area contributed by atoms with Gasteiger partial charge in [0.05, 0.1) is 0 Å². The largest absolute Gasteiger partial charge is 3.00 e. The quantitative estimate of drug-likeness (QED) is 0.199. The predicted molar refractivity (Wildman–Crippen MR) is 128 cm³/mol. The molecule has 0 aliphatic carbocycles. The Labute approximate surface area is 204 Å². The van der Waals surface area contributed by atoms with Crippen molar-refractivity contribution >= 4 is 0 Å². The van der Waals surface area contributed by atoms with E-state index in [-0.39, 0.29) is 20.1 Å². The molecule has 156 valence electrons. The van der Waals surface area contributed by atoms with E-state index in [1.807, 2.05) is 85.1 Å². The topological polar surface area (TPSA) is 12.9 Å². The van der Waals surface area contributed by atoms with Crippen LogP contribution in [-0.2, 0) is 20.1 Å². The van der Waals surface area contributed by atoms with E-state index in [1.54, 1.807) is 0 Å². The Morgan fingerprint density at radius 2 is 1.22 bits per heavy atom. The molecule has 0 saturated heterocycles. The molecule has 32 heavy (non-hydrogen) atoms. The first kappa shape index (κ1) is 23.3. The van der Waals surface area contributed by atoms with Crippen molar-refractivity contribution < 1.29 is 20.1 Å². The number of hydrogen-bond donors (Lipinski definition) is 0. The fourth-order valence-corrected chi connectivity index (χ4v) is 3.14. The van der Waals surface area contributed by atoms with E-state index in [0.717, 1.165) is 27.9 Å². The van der Waals surface area contributed by atoms with Gasteiger partial charge in [0.1, 0.15) is 0 Å². The Morgan fingerprint density at radius 1 is 0.562 bits per heavy atom. The van der Waals surface area contributed by atoms with Crippen molar-refractivity contribution in [3.63, 3.8) is 0 Å². The first-order valence-electron chi connectivity index (χ1n) is 10.2. The second-order valence-corrected chi connectivity index (χ2v) is 7.13. The molecular formula is C30H22IrN. The maximum atomic E-state index is 4.49. The summed E-state index contributed by atoms with van der Waals surface area (Å²) >= 11 is 0. The fourth-order valence-electron chi connectivity index (χ4n) is 3.14. The minimum Gasteiger partial charge on any atom is -0.304 e. The maximum absolute atomic E-state index is 4.49. The fraction of sp³-hybridized carbons (Fsp3) is 0.0333. The van der Waals surface area contributed by atoms with Gasteiger partial charge in [-0.05, 0) is 16.8 Å². The Bertz CT molecular complexity index is 1130. The van der Waals surface area contributed by atoms with Gasteiger partial charge in [-0.2, -0.15) is 48.5 Å². The molecule has 5 rings (SSSR count). The van der Waals surface area contributed by atoms with Crippen LogP contribution in [0.4, 0.5) is 0 Å². The van der Waals surface area contributed by atoms with Crippen LogP contribution in [0.25, 0.3) is 33.5 Å². The van der Waals surface area contributed by atoms with Crippen LogP contribution in [-0.4, -0.2) is 4.98 Å². The maximum Gasteiger partial charge on any atom is 3.00 e. The van der Waals surface area contributed by atoms with Crippen molar-refractivity contribution in [3.05, 3.63) is 139 Å². The summed E-state index contributed by atoms with van der Waals surface area (Å²) in [7, 11) is 0. The van der Waals surface area contributed by atoms with Crippen LogP contribution >= 0.6 is 0 Å². The number of nitrogens with zero attached hydrogens (tertiary/aromatic N) is 1. The zero-order valence-electron chi connectivity index (χ0n) is 17.8. The van der Waals surface area contributed by atoms with Gasteiger partial charge < -0.3 is 4.98 Å². The van der Waals surface area contributed by atoms with Crippen molar-refractivity contribution in [2.75, 3.05) is 0 Å². The summed E-state index contributed by atoms with van der Waals surface area (Å²) in [5, 5.41) is 0. The number of hydrogen-bond acceptors (Lipinski definition) is 1. The molecule has 5 aromatic rings. The summed E-state index contributed by atoms with van der Waals surface area (Å²) in [6.07, 6.45) is 1.91.